The summed E-state index contributed by atoms with van der Waals surface area (Å²) in [5.41, 5.74) is 1.10. The summed E-state index contributed by atoms with van der Waals surface area (Å²) >= 11 is 0. The van der Waals surface area contributed by atoms with Gasteiger partial charge in [-0.1, -0.05) is 13.8 Å². The summed E-state index contributed by atoms with van der Waals surface area (Å²) < 4.78 is 0. The molecule has 112 valence electrons. The average Bonchev–Trinajstić information content (AvgIpc) is 2.31. The van der Waals surface area contributed by atoms with Crippen LogP contribution in [0.5, 0.6) is 0 Å². The highest BCUT2D eigenvalue weighted by atomic mass is 15.2. The molecule has 2 fully saturated rings. The third kappa shape index (κ3) is 3.97. The molecule has 2 aliphatic rings. The topological polar surface area (TPSA) is 3.24 Å². The van der Waals surface area contributed by atoms with Crippen LogP contribution in [0.15, 0.2) is 0 Å². The average molecular weight is 265 g/mol. The second-order valence-electron chi connectivity index (χ2n) is 8.73. The van der Waals surface area contributed by atoms with Gasteiger partial charge in [0, 0.05) is 5.54 Å². The molecular formula is C18H35N. The number of hydrogen-bond acceptors (Lipinski definition) is 1. The molecule has 1 saturated heterocycles. The number of likely N-dealkylation sites (tertiary alicyclic amines) is 1. The summed E-state index contributed by atoms with van der Waals surface area (Å²) in [5.74, 6) is 1.92. The summed E-state index contributed by atoms with van der Waals surface area (Å²) in [7, 11) is 0. The lowest BCUT2D eigenvalue weighted by Crippen LogP contribution is -2.49. The van der Waals surface area contributed by atoms with Gasteiger partial charge in [-0.2, -0.15) is 0 Å². The van der Waals surface area contributed by atoms with E-state index in [1.54, 1.807) is 0 Å². The standard InChI is InChI=1S/C18H35N/c1-15(2)14-16-6-8-18(9-7-16)10-12-19(13-11-18)17(3,4)5/h15-16H,6-14H2,1-5H3. The largest absolute Gasteiger partial charge is 0.298 e. The smallest absolute Gasteiger partial charge is 0.0125 e. The minimum Gasteiger partial charge on any atom is -0.298 e. The highest BCUT2D eigenvalue weighted by Gasteiger charge is 2.39. The number of hydrogen-bond donors (Lipinski definition) is 0. The van der Waals surface area contributed by atoms with Gasteiger partial charge in [0.05, 0.1) is 0 Å². The fourth-order valence-electron chi connectivity index (χ4n) is 4.34. The van der Waals surface area contributed by atoms with Crippen LogP contribution in [0.2, 0.25) is 0 Å². The Morgan fingerprint density at radius 3 is 1.95 bits per heavy atom. The first-order chi connectivity index (χ1) is 8.81. The molecule has 19 heavy (non-hydrogen) atoms. The van der Waals surface area contributed by atoms with E-state index in [0.29, 0.717) is 5.54 Å². The van der Waals surface area contributed by atoms with Crippen molar-refractivity contribution in [2.75, 3.05) is 13.1 Å². The molecule has 1 heterocycles. The van der Waals surface area contributed by atoms with Crippen LogP contribution in [0, 0.1) is 17.3 Å². The van der Waals surface area contributed by atoms with E-state index in [2.05, 4.69) is 39.5 Å². The molecule has 1 spiro atoms. The van der Waals surface area contributed by atoms with E-state index in [1.807, 2.05) is 0 Å². The first-order valence-corrected chi connectivity index (χ1v) is 8.56. The lowest BCUT2D eigenvalue weighted by Gasteiger charge is -2.49. The van der Waals surface area contributed by atoms with Gasteiger partial charge in [-0.05, 0) is 96.1 Å². The van der Waals surface area contributed by atoms with Gasteiger partial charge < -0.3 is 0 Å². The zero-order valence-corrected chi connectivity index (χ0v) is 14.0. The summed E-state index contributed by atoms with van der Waals surface area (Å²) in [6.07, 6.45) is 10.4. The fraction of sp³-hybridized carbons (Fsp3) is 1.00. The molecule has 1 saturated carbocycles. The van der Waals surface area contributed by atoms with Crippen molar-refractivity contribution < 1.29 is 0 Å². The van der Waals surface area contributed by atoms with E-state index in [-0.39, 0.29) is 0 Å². The van der Waals surface area contributed by atoms with Crippen LogP contribution >= 0.6 is 0 Å². The Kier molecular flexibility index (Phi) is 4.65. The molecule has 0 aromatic rings. The number of nitrogens with zero attached hydrogens (tertiary/aromatic N) is 1. The Labute approximate surface area is 121 Å². The van der Waals surface area contributed by atoms with Gasteiger partial charge in [0.15, 0.2) is 0 Å². The van der Waals surface area contributed by atoms with Crippen LogP contribution in [0.3, 0.4) is 0 Å². The first-order valence-electron chi connectivity index (χ1n) is 8.56. The van der Waals surface area contributed by atoms with Gasteiger partial charge in [0.25, 0.3) is 0 Å². The van der Waals surface area contributed by atoms with Crippen LogP contribution in [-0.4, -0.2) is 23.5 Å². The van der Waals surface area contributed by atoms with Gasteiger partial charge in [0.1, 0.15) is 0 Å². The highest BCUT2D eigenvalue weighted by Crippen LogP contribution is 2.48. The van der Waals surface area contributed by atoms with Crippen molar-refractivity contribution in [2.45, 2.75) is 85.1 Å². The van der Waals surface area contributed by atoms with Gasteiger partial charge in [-0.15, -0.1) is 0 Å². The Morgan fingerprint density at radius 1 is 1.00 bits per heavy atom. The van der Waals surface area contributed by atoms with E-state index >= 15 is 0 Å². The quantitative estimate of drug-likeness (QED) is 0.671. The predicted molar refractivity (Wildman–Crippen MR) is 84.4 cm³/mol. The summed E-state index contributed by atoms with van der Waals surface area (Å²) in [6, 6.07) is 0. The summed E-state index contributed by atoms with van der Waals surface area (Å²) in [6.45, 7) is 14.5. The van der Waals surface area contributed by atoms with E-state index in [9.17, 15) is 0 Å². The Bertz CT molecular complexity index is 269. The van der Waals surface area contributed by atoms with Crippen LogP contribution in [0.4, 0.5) is 0 Å². The van der Waals surface area contributed by atoms with Gasteiger partial charge in [-0.3, -0.25) is 4.90 Å². The maximum Gasteiger partial charge on any atom is 0.0125 e. The van der Waals surface area contributed by atoms with Crippen molar-refractivity contribution in [2.24, 2.45) is 17.3 Å². The molecule has 0 N–H and O–H groups in total. The summed E-state index contributed by atoms with van der Waals surface area (Å²) in [4.78, 5) is 2.69. The highest BCUT2D eigenvalue weighted by molar-refractivity contribution is 4.92. The molecule has 1 nitrogen and oxygen atoms in total. The lowest BCUT2D eigenvalue weighted by molar-refractivity contribution is 0.0113. The third-order valence-corrected chi connectivity index (χ3v) is 5.74. The second-order valence-corrected chi connectivity index (χ2v) is 8.73. The van der Waals surface area contributed by atoms with Gasteiger partial charge >= 0.3 is 0 Å². The van der Waals surface area contributed by atoms with Crippen LogP contribution in [0.25, 0.3) is 0 Å². The van der Waals surface area contributed by atoms with Crippen LogP contribution in [-0.2, 0) is 0 Å². The molecule has 0 aromatic carbocycles. The number of rotatable bonds is 2. The lowest BCUT2D eigenvalue weighted by atomic mass is 9.64. The molecule has 0 radical (unpaired) electrons. The molecule has 0 bridgehead atoms. The minimum atomic E-state index is 0.371. The monoisotopic (exact) mass is 265 g/mol. The van der Waals surface area contributed by atoms with Gasteiger partial charge in [-0.25, -0.2) is 0 Å². The molecule has 0 atom stereocenters. The molecular weight excluding hydrogens is 230 g/mol. The van der Waals surface area contributed by atoms with E-state index < -0.39 is 0 Å². The van der Waals surface area contributed by atoms with Crippen molar-refractivity contribution in [3.63, 3.8) is 0 Å². The van der Waals surface area contributed by atoms with Crippen molar-refractivity contribution in [1.82, 2.24) is 4.90 Å². The molecule has 1 aliphatic heterocycles. The van der Waals surface area contributed by atoms with E-state index in [4.69, 9.17) is 0 Å². The van der Waals surface area contributed by atoms with Crippen molar-refractivity contribution in [3.8, 4) is 0 Å². The Morgan fingerprint density at radius 2 is 1.53 bits per heavy atom. The molecule has 0 amide bonds. The third-order valence-electron chi connectivity index (χ3n) is 5.74. The molecule has 1 heteroatoms. The zero-order chi connectivity index (χ0) is 14.1. The normalized spacial score (nSPS) is 26.2. The predicted octanol–water partition coefficient (Wildman–Crippen LogP) is 5.10. The molecule has 1 aliphatic carbocycles. The SMILES string of the molecule is CC(C)CC1CCC2(CC1)CCN(C(C)(C)C)CC2. The fourth-order valence-corrected chi connectivity index (χ4v) is 4.34. The van der Waals surface area contributed by atoms with Crippen molar-refractivity contribution in [1.29, 1.82) is 0 Å². The Balaban J connectivity index is 1.82. The minimum absolute atomic E-state index is 0.371. The Hall–Kier alpha value is -0.0400. The maximum atomic E-state index is 2.69. The van der Waals surface area contributed by atoms with E-state index in [0.717, 1.165) is 17.3 Å². The van der Waals surface area contributed by atoms with E-state index in [1.165, 1.54) is 58.0 Å². The molecule has 0 aromatic heterocycles. The molecule has 2 rings (SSSR count). The molecule has 0 unspecified atom stereocenters. The summed E-state index contributed by atoms with van der Waals surface area (Å²) in [5, 5.41) is 0. The van der Waals surface area contributed by atoms with Gasteiger partial charge in [0.2, 0.25) is 0 Å². The number of piperidine rings is 1. The van der Waals surface area contributed by atoms with Crippen molar-refractivity contribution in [3.05, 3.63) is 0 Å². The van der Waals surface area contributed by atoms with Crippen LogP contribution < -0.4 is 0 Å². The zero-order valence-electron chi connectivity index (χ0n) is 14.0. The van der Waals surface area contributed by atoms with Crippen molar-refractivity contribution >= 4 is 0 Å². The first kappa shape index (κ1) is 15.4. The second kappa shape index (κ2) is 5.76. The van der Waals surface area contributed by atoms with Crippen LogP contribution in [0.1, 0.15) is 79.6 Å². The maximum absolute atomic E-state index is 2.69.